The minimum absolute atomic E-state index is 0.118. The van der Waals surface area contributed by atoms with Crippen LogP contribution in [0.25, 0.3) is 0 Å². The molecule has 0 bridgehead atoms. The first-order chi connectivity index (χ1) is 9.24. The number of aromatic nitrogens is 2. The smallest absolute Gasteiger partial charge is 0.230 e. The van der Waals surface area contributed by atoms with Gasteiger partial charge in [0.2, 0.25) is 5.89 Å². The molecule has 106 valence electrons. The fraction of sp³-hybridized carbons (Fsp3) is 0.857. The summed E-state index contributed by atoms with van der Waals surface area (Å²) in [5, 5.41) is 4.10. The minimum Gasteiger partial charge on any atom is -0.339 e. The Labute approximate surface area is 114 Å². The fourth-order valence-corrected chi connectivity index (χ4v) is 3.39. The van der Waals surface area contributed by atoms with E-state index < -0.39 is 0 Å². The normalized spacial score (nSPS) is 30.0. The summed E-state index contributed by atoms with van der Waals surface area (Å²) in [6.45, 7) is 5.42. The molecule has 2 aliphatic rings. The molecule has 2 N–H and O–H groups in total. The van der Waals surface area contributed by atoms with Crippen molar-refractivity contribution in [1.82, 2.24) is 15.0 Å². The maximum Gasteiger partial charge on any atom is 0.230 e. The zero-order chi connectivity index (χ0) is 13.2. The number of nitrogens with two attached hydrogens (primary N) is 1. The van der Waals surface area contributed by atoms with Crippen LogP contribution in [0.2, 0.25) is 0 Å². The molecule has 3 rings (SSSR count). The Hall–Kier alpha value is -0.940. The molecular formula is C14H24N4O. The van der Waals surface area contributed by atoms with Gasteiger partial charge in [-0.15, -0.1) is 0 Å². The molecule has 1 aromatic heterocycles. The molecular weight excluding hydrogens is 240 g/mol. The summed E-state index contributed by atoms with van der Waals surface area (Å²) >= 11 is 0. The maximum atomic E-state index is 6.19. The van der Waals surface area contributed by atoms with Crippen LogP contribution in [0, 0.1) is 5.92 Å². The minimum atomic E-state index is -0.118. The van der Waals surface area contributed by atoms with Crippen molar-refractivity contribution < 1.29 is 4.52 Å². The van der Waals surface area contributed by atoms with E-state index in [0.29, 0.717) is 17.7 Å². The second-order valence-corrected chi connectivity index (χ2v) is 6.12. The molecule has 0 amide bonds. The Balaban J connectivity index is 1.63. The molecule has 5 heteroatoms. The number of hydrogen-bond acceptors (Lipinski definition) is 5. The molecule has 3 unspecified atom stereocenters. The maximum absolute atomic E-state index is 6.19. The van der Waals surface area contributed by atoms with Crippen molar-refractivity contribution in [2.75, 3.05) is 19.6 Å². The van der Waals surface area contributed by atoms with E-state index in [4.69, 9.17) is 10.3 Å². The lowest BCUT2D eigenvalue weighted by atomic mass is 9.98. The largest absolute Gasteiger partial charge is 0.339 e. The Morgan fingerprint density at radius 3 is 2.79 bits per heavy atom. The number of hydrogen-bond donors (Lipinski definition) is 1. The van der Waals surface area contributed by atoms with Gasteiger partial charge in [0.05, 0.1) is 6.04 Å². The van der Waals surface area contributed by atoms with Crippen LogP contribution in [0.4, 0.5) is 0 Å². The number of rotatable bonds is 4. The molecule has 0 aromatic carbocycles. The first kappa shape index (κ1) is 13.1. The average Bonchev–Trinajstić information content (AvgIpc) is 3.08. The van der Waals surface area contributed by atoms with E-state index in [9.17, 15) is 0 Å². The third kappa shape index (κ3) is 2.82. The van der Waals surface area contributed by atoms with Crippen molar-refractivity contribution in [2.45, 2.75) is 51.0 Å². The van der Waals surface area contributed by atoms with Gasteiger partial charge < -0.3 is 15.2 Å². The highest BCUT2D eigenvalue weighted by molar-refractivity contribution is 5.02. The van der Waals surface area contributed by atoms with Gasteiger partial charge in [0.15, 0.2) is 5.82 Å². The van der Waals surface area contributed by atoms with Crippen LogP contribution in [-0.4, -0.2) is 34.7 Å². The van der Waals surface area contributed by atoms with Gasteiger partial charge in [0.25, 0.3) is 0 Å². The van der Waals surface area contributed by atoms with Gasteiger partial charge >= 0.3 is 0 Å². The van der Waals surface area contributed by atoms with Crippen molar-refractivity contribution in [3.8, 4) is 0 Å². The van der Waals surface area contributed by atoms with Crippen LogP contribution in [0.1, 0.15) is 62.7 Å². The van der Waals surface area contributed by atoms with Gasteiger partial charge in [-0.05, 0) is 44.7 Å². The predicted molar refractivity (Wildman–Crippen MR) is 72.7 cm³/mol. The monoisotopic (exact) mass is 264 g/mol. The van der Waals surface area contributed by atoms with E-state index in [-0.39, 0.29) is 6.04 Å². The van der Waals surface area contributed by atoms with Crippen molar-refractivity contribution in [1.29, 1.82) is 0 Å². The first-order valence-electron chi connectivity index (χ1n) is 7.55. The zero-order valence-corrected chi connectivity index (χ0v) is 11.7. The van der Waals surface area contributed by atoms with E-state index in [1.807, 2.05) is 0 Å². The van der Waals surface area contributed by atoms with Crippen LogP contribution >= 0.6 is 0 Å². The van der Waals surface area contributed by atoms with Gasteiger partial charge in [0.1, 0.15) is 0 Å². The lowest BCUT2D eigenvalue weighted by molar-refractivity contribution is 0.301. The summed E-state index contributed by atoms with van der Waals surface area (Å²) in [5.41, 5.74) is 6.19. The molecule has 19 heavy (non-hydrogen) atoms. The fourth-order valence-electron chi connectivity index (χ4n) is 3.39. The SMILES string of the molecule is CC1CCCC1c1nc(C(N)CN2CCCC2)no1. The van der Waals surface area contributed by atoms with Crippen molar-refractivity contribution in [3.05, 3.63) is 11.7 Å². The van der Waals surface area contributed by atoms with Gasteiger partial charge in [-0.1, -0.05) is 18.5 Å². The van der Waals surface area contributed by atoms with Gasteiger partial charge in [-0.25, -0.2) is 0 Å². The van der Waals surface area contributed by atoms with E-state index in [2.05, 4.69) is 22.0 Å². The molecule has 1 aliphatic carbocycles. The van der Waals surface area contributed by atoms with Gasteiger partial charge in [-0.3, -0.25) is 0 Å². The average molecular weight is 264 g/mol. The third-order valence-corrected chi connectivity index (χ3v) is 4.62. The summed E-state index contributed by atoms with van der Waals surface area (Å²) in [6.07, 6.45) is 6.27. The molecule has 1 saturated carbocycles. The van der Waals surface area contributed by atoms with Crippen molar-refractivity contribution >= 4 is 0 Å². The highest BCUT2D eigenvalue weighted by Gasteiger charge is 2.30. The van der Waals surface area contributed by atoms with Gasteiger partial charge in [-0.2, -0.15) is 4.98 Å². The summed E-state index contributed by atoms with van der Waals surface area (Å²) in [5.74, 6) is 2.58. The summed E-state index contributed by atoms with van der Waals surface area (Å²) < 4.78 is 5.44. The number of likely N-dealkylation sites (tertiary alicyclic amines) is 1. The summed E-state index contributed by atoms with van der Waals surface area (Å²) in [4.78, 5) is 6.94. The summed E-state index contributed by atoms with van der Waals surface area (Å²) in [6, 6.07) is -0.118. The first-order valence-corrected chi connectivity index (χ1v) is 7.55. The molecule has 3 atom stereocenters. The standard InChI is InChI=1S/C14H24N4O/c1-10-5-4-6-11(10)14-16-13(17-19-14)12(15)9-18-7-2-3-8-18/h10-12H,2-9,15H2,1H3. The van der Waals surface area contributed by atoms with Crippen molar-refractivity contribution in [3.63, 3.8) is 0 Å². The highest BCUT2D eigenvalue weighted by atomic mass is 16.5. The van der Waals surface area contributed by atoms with Crippen LogP contribution < -0.4 is 5.73 Å². The molecule has 5 nitrogen and oxygen atoms in total. The molecule has 1 aromatic rings. The van der Waals surface area contributed by atoms with Crippen LogP contribution in [0.5, 0.6) is 0 Å². The Kier molecular flexibility index (Phi) is 3.84. The molecule has 1 aliphatic heterocycles. The van der Waals surface area contributed by atoms with Crippen LogP contribution in [0.15, 0.2) is 4.52 Å². The van der Waals surface area contributed by atoms with Crippen molar-refractivity contribution in [2.24, 2.45) is 11.7 Å². The van der Waals surface area contributed by atoms with Gasteiger partial charge in [0, 0.05) is 12.5 Å². The quantitative estimate of drug-likeness (QED) is 0.901. The van der Waals surface area contributed by atoms with Crippen LogP contribution in [0.3, 0.4) is 0 Å². The Bertz CT molecular complexity index is 413. The molecule has 1 saturated heterocycles. The van der Waals surface area contributed by atoms with E-state index in [1.165, 1.54) is 32.1 Å². The van der Waals surface area contributed by atoms with E-state index in [0.717, 1.165) is 25.5 Å². The molecule has 2 heterocycles. The Morgan fingerprint density at radius 1 is 1.32 bits per heavy atom. The predicted octanol–water partition coefficient (Wildman–Crippen LogP) is 2.07. The second-order valence-electron chi connectivity index (χ2n) is 6.12. The molecule has 2 fully saturated rings. The zero-order valence-electron chi connectivity index (χ0n) is 11.7. The lowest BCUT2D eigenvalue weighted by Gasteiger charge is -2.17. The highest BCUT2D eigenvalue weighted by Crippen LogP contribution is 2.38. The Morgan fingerprint density at radius 2 is 2.11 bits per heavy atom. The number of nitrogens with zero attached hydrogens (tertiary/aromatic N) is 3. The second kappa shape index (κ2) is 5.59. The van der Waals surface area contributed by atoms with E-state index >= 15 is 0 Å². The van der Waals surface area contributed by atoms with Crippen LogP contribution in [-0.2, 0) is 0 Å². The molecule has 0 spiro atoms. The van der Waals surface area contributed by atoms with E-state index in [1.54, 1.807) is 0 Å². The third-order valence-electron chi connectivity index (χ3n) is 4.62. The molecule has 0 radical (unpaired) electrons. The topological polar surface area (TPSA) is 68.2 Å². The lowest BCUT2D eigenvalue weighted by Crippen LogP contribution is -2.30. The summed E-state index contributed by atoms with van der Waals surface area (Å²) in [7, 11) is 0.